The van der Waals surface area contributed by atoms with Gasteiger partial charge in [0.1, 0.15) is 5.69 Å². The predicted octanol–water partition coefficient (Wildman–Crippen LogP) is 9.97. The van der Waals surface area contributed by atoms with E-state index in [9.17, 15) is 0 Å². The molecular weight excluding hydrogens is 510 g/mol. The summed E-state index contributed by atoms with van der Waals surface area (Å²) in [5.41, 5.74) is 13.1. The van der Waals surface area contributed by atoms with Gasteiger partial charge in [-0.1, -0.05) is 111 Å². The smallest absolute Gasteiger partial charge is 0.101 e. The highest BCUT2D eigenvalue weighted by Gasteiger charge is 2.40. The lowest BCUT2D eigenvalue weighted by molar-refractivity contribution is 0.490. The van der Waals surface area contributed by atoms with Gasteiger partial charge in [0.15, 0.2) is 0 Å². The Balaban J connectivity index is 1.50. The van der Waals surface area contributed by atoms with Gasteiger partial charge in [-0.3, -0.25) is 4.98 Å². The van der Waals surface area contributed by atoms with Crippen LogP contribution < -0.4 is 0 Å². The molecule has 8 rings (SSSR count). The van der Waals surface area contributed by atoms with Crippen molar-refractivity contribution < 1.29 is 0 Å². The molecule has 0 fully saturated rings. The minimum Gasteiger partial charge on any atom is -0.255 e. The first-order valence-corrected chi connectivity index (χ1v) is 14.9. The van der Waals surface area contributed by atoms with E-state index in [1.807, 2.05) is 18.3 Å². The van der Waals surface area contributed by atoms with E-state index in [0.29, 0.717) is 0 Å². The third kappa shape index (κ3) is 3.46. The monoisotopic (exact) mass is 541 g/mol. The molecule has 42 heavy (non-hydrogen) atoms. The molecular formula is C39H31N3. The van der Waals surface area contributed by atoms with Crippen LogP contribution in [0, 0.1) is 0 Å². The molecule has 1 aliphatic carbocycles. The number of nitrogens with zero attached hydrogens (tertiary/aromatic N) is 3. The summed E-state index contributed by atoms with van der Waals surface area (Å²) < 4.78 is 2.12. The lowest BCUT2D eigenvalue weighted by Gasteiger charge is -2.30. The molecule has 0 amide bonds. The van der Waals surface area contributed by atoms with Crippen LogP contribution in [0.15, 0.2) is 128 Å². The summed E-state index contributed by atoms with van der Waals surface area (Å²) in [4.78, 5) is 4.74. The molecule has 0 N–H and O–H groups in total. The number of hydrogen-bond donors (Lipinski definition) is 0. The Hall–Kier alpha value is -5.02. The molecule has 0 bridgehead atoms. The van der Waals surface area contributed by atoms with E-state index in [1.54, 1.807) is 0 Å². The summed E-state index contributed by atoms with van der Waals surface area (Å²) in [6.45, 7) is 4.67. The van der Waals surface area contributed by atoms with Crippen LogP contribution >= 0.6 is 0 Å². The van der Waals surface area contributed by atoms with Crippen molar-refractivity contribution in [1.29, 1.82) is 0 Å². The van der Waals surface area contributed by atoms with Crippen molar-refractivity contribution in [1.82, 2.24) is 14.6 Å². The number of pyridine rings is 2. The fraction of sp³-hybridized carbons (Fsp3) is 0.128. The summed E-state index contributed by atoms with van der Waals surface area (Å²) in [5.74, 6) is 0. The van der Waals surface area contributed by atoms with Crippen LogP contribution in [0.2, 0.25) is 0 Å². The summed E-state index contributed by atoms with van der Waals surface area (Å²) in [7, 11) is 0. The van der Waals surface area contributed by atoms with E-state index in [2.05, 4.69) is 128 Å². The van der Waals surface area contributed by atoms with Gasteiger partial charge in [0.25, 0.3) is 0 Å². The number of benzene rings is 4. The molecule has 202 valence electrons. The first-order valence-electron chi connectivity index (χ1n) is 14.9. The number of aromatic nitrogens is 3. The van der Waals surface area contributed by atoms with Gasteiger partial charge >= 0.3 is 0 Å². The second kappa shape index (κ2) is 9.53. The Morgan fingerprint density at radius 3 is 2.19 bits per heavy atom. The van der Waals surface area contributed by atoms with Crippen molar-refractivity contribution in [2.24, 2.45) is 0 Å². The zero-order valence-electron chi connectivity index (χ0n) is 23.9. The highest BCUT2D eigenvalue weighted by atomic mass is 15.2. The Kier molecular flexibility index (Phi) is 5.61. The molecule has 0 atom stereocenters. The van der Waals surface area contributed by atoms with E-state index < -0.39 is 0 Å². The van der Waals surface area contributed by atoms with Crippen LogP contribution in [-0.4, -0.2) is 14.6 Å². The lowest BCUT2D eigenvalue weighted by Crippen LogP contribution is -2.23. The predicted molar refractivity (Wildman–Crippen MR) is 174 cm³/mol. The fourth-order valence-electron chi connectivity index (χ4n) is 7.28. The molecule has 0 radical (unpaired) electrons. The Bertz CT molecular complexity index is 2100. The molecule has 3 heteroatoms. The fourth-order valence-corrected chi connectivity index (χ4v) is 7.28. The normalized spacial score (nSPS) is 13.4. The van der Waals surface area contributed by atoms with Gasteiger partial charge in [-0.2, -0.15) is 5.10 Å². The van der Waals surface area contributed by atoms with E-state index in [4.69, 9.17) is 10.1 Å². The minimum absolute atomic E-state index is 0.000990. The summed E-state index contributed by atoms with van der Waals surface area (Å²) >= 11 is 0. The highest BCUT2D eigenvalue weighted by molar-refractivity contribution is 6.08. The quantitative estimate of drug-likeness (QED) is 0.217. The van der Waals surface area contributed by atoms with Crippen molar-refractivity contribution in [3.63, 3.8) is 0 Å². The first-order chi connectivity index (χ1) is 20.7. The van der Waals surface area contributed by atoms with Crippen LogP contribution in [0.1, 0.15) is 37.8 Å². The largest absolute Gasteiger partial charge is 0.255 e. The Labute approximate surface area is 246 Å². The Morgan fingerprint density at radius 1 is 0.643 bits per heavy atom. The van der Waals surface area contributed by atoms with E-state index in [1.165, 1.54) is 38.6 Å². The minimum atomic E-state index is -0.000990. The van der Waals surface area contributed by atoms with E-state index >= 15 is 0 Å². The topological polar surface area (TPSA) is 30.2 Å². The summed E-state index contributed by atoms with van der Waals surface area (Å²) in [6, 6.07) is 43.6. The van der Waals surface area contributed by atoms with Gasteiger partial charge in [0.05, 0.1) is 16.9 Å². The second-order valence-electron chi connectivity index (χ2n) is 11.3. The SMILES string of the molecule is CCC1(CC)c2ccccc2-c2ccc(-c3c(-c4ccccc4)nn4c(-c5ccccn5)cc5ccccc5c34)cc21. The Morgan fingerprint density at radius 2 is 1.38 bits per heavy atom. The van der Waals surface area contributed by atoms with Gasteiger partial charge in [-0.15, -0.1) is 0 Å². The molecule has 7 aromatic rings. The van der Waals surface area contributed by atoms with Gasteiger partial charge in [-0.25, -0.2) is 4.52 Å². The molecule has 0 aliphatic heterocycles. The van der Waals surface area contributed by atoms with Gasteiger partial charge < -0.3 is 0 Å². The second-order valence-corrected chi connectivity index (χ2v) is 11.3. The van der Waals surface area contributed by atoms with Crippen LogP contribution in [0.5, 0.6) is 0 Å². The summed E-state index contributed by atoms with van der Waals surface area (Å²) in [6.07, 6.45) is 3.97. The van der Waals surface area contributed by atoms with Crippen molar-refractivity contribution in [2.75, 3.05) is 0 Å². The molecule has 4 aromatic carbocycles. The maximum absolute atomic E-state index is 5.37. The molecule has 0 spiro atoms. The van der Waals surface area contributed by atoms with E-state index in [-0.39, 0.29) is 5.41 Å². The molecule has 1 aliphatic rings. The standard InChI is InChI=1S/C39H31N3/c1-3-39(4-2)32-19-11-10-18-30(32)31-22-21-28(24-33(31)39)36-37(26-14-6-5-7-15-26)41-42-35(34-20-12-13-23-40-34)25-27-16-8-9-17-29(27)38(36)42/h5-25H,3-4H2,1-2H3. The van der Waals surface area contributed by atoms with Crippen molar-refractivity contribution in [2.45, 2.75) is 32.1 Å². The zero-order chi connectivity index (χ0) is 28.3. The number of fused-ring (bicyclic) bond motifs is 6. The van der Waals surface area contributed by atoms with Gasteiger partial charge in [0.2, 0.25) is 0 Å². The van der Waals surface area contributed by atoms with Gasteiger partial charge in [-0.05, 0) is 70.3 Å². The van der Waals surface area contributed by atoms with Gasteiger partial charge in [0, 0.05) is 28.1 Å². The van der Waals surface area contributed by atoms with Crippen molar-refractivity contribution in [3.05, 3.63) is 139 Å². The molecule has 3 nitrogen and oxygen atoms in total. The first kappa shape index (κ1) is 24.8. The maximum atomic E-state index is 5.37. The molecule has 0 saturated carbocycles. The molecule has 0 unspecified atom stereocenters. The summed E-state index contributed by atoms with van der Waals surface area (Å²) in [5, 5.41) is 7.73. The van der Waals surface area contributed by atoms with Crippen LogP contribution in [0.25, 0.3) is 61.2 Å². The van der Waals surface area contributed by atoms with Crippen molar-refractivity contribution in [3.8, 4) is 44.9 Å². The van der Waals surface area contributed by atoms with Crippen LogP contribution in [-0.2, 0) is 5.41 Å². The average molecular weight is 542 g/mol. The maximum Gasteiger partial charge on any atom is 0.101 e. The van der Waals surface area contributed by atoms with Crippen LogP contribution in [0.3, 0.4) is 0 Å². The molecule has 3 aromatic heterocycles. The average Bonchev–Trinajstić information content (AvgIpc) is 3.60. The zero-order valence-corrected chi connectivity index (χ0v) is 23.9. The number of hydrogen-bond acceptors (Lipinski definition) is 2. The highest BCUT2D eigenvalue weighted by Crippen LogP contribution is 2.54. The third-order valence-corrected chi connectivity index (χ3v) is 9.36. The van der Waals surface area contributed by atoms with Crippen LogP contribution in [0.4, 0.5) is 0 Å². The van der Waals surface area contributed by atoms with Crippen molar-refractivity contribution >= 4 is 16.3 Å². The molecule has 0 saturated heterocycles. The van der Waals surface area contributed by atoms with E-state index in [0.717, 1.165) is 46.6 Å². The third-order valence-electron chi connectivity index (χ3n) is 9.36. The molecule has 3 heterocycles. The number of rotatable bonds is 5. The lowest BCUT2D eigenvalue weighted by atomic mass is 9.73.